The van der Waals surface area contributed by atoms with E-state index in [1.54, 1.807) is 11.0 Å². The molecule has 2 fully saturated rings. The fraction of sp³-hybridized carbons (Fsp3) is 0.529. The van der Waals surface area contributed by atoms with Gasteiger partial charge < -0.3 is 20.3 Å². The molecule has 3 rings (SSSR count). The van der Waals surface area contributed by atoms with Crippen LogP contribution in [-0.4, -0.2) is 49.7 Å². The van der Waals surface area contributed by atoms with Crippen molar-refractivity contribution in [1.82, 2.24) is 10.6 Å². The minimum Gasteiger partial charge on any atom is -0.375 e. The highest BCUT2D eigenvalue weighted by molar-refractivity contribution is 6.33. The summed E-state index contributed by atoms with van der Waals surface area (Å²) < 4.78 is 5.50. The number of anilines is 1. The average Bonchev–Trinajstić information content (AvgIpc) is 2.58. The first-order chi connectivity index (χ1) is 11.6. The zero-order chi connectivity index (χ0) is 17.1. The van der Waals surface area contributed by atoms with Crippen molar-refractivity contribution in [1.29, 1.82) is 0 Å². The van der Waals surface area contributed by atoms with Crippen molar-refractivity contribution in [2.75, 3.05) is 24.6 Å². The first-order valence-electron chi connectivity index (χ1n) is 8.29. The molecule has 0 radical (unpaired) electrons. The lowest BCUT2D eigenvalue weighted by Gasteiger charge is -2.35. The molecule has 0 aliphatic carbocycles. The summed E-state index contributed by atoms with van der Waals surface area (Å²) >= 11 is 6.21. The van der Waals surface area contributed by atoms with Crippen LogP contribution < -0.4 is 15.5 Å². The van der Waals surface area contributed by atoms with Crippen molar-refractivity contribution in [2.45, 2.75) is 38.0 Å². The van der Waals surface area contributed by atoms with Crippen molar-refractivity contribution < 1.29 is 14.3 Å². The smallest absolute Gasteiger partial charge is 0.249 e. The van der Waals surface area contributed by atoms with E-state index in [2.05, 4.69) is 10.6 Å². The molecule has 0 spiro atoms. The fourth-order valence-corrected chi connectivity index (χ4v) is 3.45. The lowest BCUT2D eigenvalue weighted by Crippen LogP contribution is -2.60. The van der Waals surface area contributed by atoms with Crippen molar-refractivity contribution >= 4 is 41.5 Å². The fourth-order valence-electron chi connectivity index (χ4n) is 3.21. The number of hydrogen-bond acceptors (Lipinski definition) is 4. The van der Waals surface area contributed by atoms with Crippen molar-refractivity contribution in [3.8, 4) is 0 Å². The number of amides is 2. The van der Waals surface area contributed by atoms with Crippen LogP contribution in [0.25, 0.3) is 0 Å². The van der Waals surface area contributed by atoms with Gasteiger partial charge in [0.05, 0.1) is 23.4 Å². The van der Waals surface area contributed by atoms with Gasteiger partial charge in [-0.3, -0.25) is 9.59 Å². The Morgan fingerprint density at radius 1 is 1.40 bits per heavy atom. The van der Waals surface area contributed by atoms with Crippen LogP contribution in [0.4, 0.5) is 5.69 Å². The maximum absolute atomic E-state index is 12.8. The zero-order valence-electron chi connectivity index (χ0n) is 14.0. The number of halogens is 2. The first-order valence-corrected chi connectivity index (χ1v) is 8.67. The average molecular weight is 388 g/mol. The Labute approximate surface area is 158 Å². The van der Waals surface area contributed by atoms with E-state index in [-0.39, 0.29) is 30.3 Å². The van der Waals surface area contributed by atoms with Gasteiger partial charge in [-0.15, -0.1) is 12.4 Å². The molecule has 1 aromatic rings. The van der Waals surface area contributed by atoms with E-state index >= 15 is 0 Å². The Hall–Kier alpha value is -1.34. The van der Waals surface area contributed by atoms with Crippen LogP contribution in [0.1, 0.15) is 19.8 Å². The second-order valence-corrected chi connectivity index (χ2v) is 6.56. The van der Waals surface area contributed by atoms with Gasteiger partial charge in [-0.25, -0.2) is 0 Å². The Bertz CT molecular complexity index is 629. The van der Waals surface area contributed by atoms with Crippen LogP contribution in [0.5, 0.6) is 0 Å². The molecule has 3 atom stereocenters. The molecule has 2 saturated heterocycles. The van der Waals surface area contributed by atoms with E-state index < -0.39 is 12.1 Å². The summed E-state index contributed by atoms with van der Waals surface area (Å²) in [5, 5.41) is 6.55. The quantitative estimate of drug-likeness (QED) is 0.828. The molecule has 2 aliphatic rings. The predicted octanol–water partition coefficient (Wildman–Crippen LogP) is 1.75. The number of piperidine rings is 1. The minimum atomic E-state index is -0.529. The summed E-state index contributed by atoms with van der Waals surface area (Å²) in [6.45, 7) is 3.69. The third-order valence-corrected chi connectivity index (χ3v) is 4.82. The lowest BCUT2D eigenvalue weighted by atomic mass is 10.0. The van der Waals surface area contributed by atoms with Crippen LogP contribution in [0.3, 0.4) is 0 Å². The van der Waals surface area contributed by atoms with E-state index in [1.165, 1.54) is 0 Å². The van der Waals surface area contributed by atoms with E-state index in [0.717, 1.165) is 6.42 Å². The largest absolute Gasteiger partial charge is 0.375 e. The molecule has 1 aromatic carbocycles. The topological polar surface area (TPSA) is 70.7 Å². The molecular weight excluding hydrogens is 365 g/mol. The van der Waals surface area contributed by atoms with Gasteiger partial charge in [0.1, 0.15) is 12.1 Å². The number of rotatable bonds is 3. The Morgan fingerprint density at radius 3 is 2.88 bits per heavy atom. The molecule has 2 heterocycles. The zero-order valence-corrected chi connectivity index (χ0v) is 15.6. The summed E-state index contributed by atoms with van der Waals surface area (Å²) in [5.41, 5.74) is 0.690. The highest BCUT2D eigenvalue weighted by atomic mass is 35.5. The van der Waals surface area contributed by atoms with Gasteiger partial charge in [0.25, 0.3) is 0 Å². The normalized spacial score (nSPS) is 26.7. The van der Waals surface area contributed by atoms with Gasteiger partial charge in [-0.1, -0.05) is 23.7 Å². The van der Waals surface area contributed by atoms with Gasteiger partial charge in [-0.05, 0) is 31.9 Å². The van der Waals surface area contributed by atoms with Crippen LogP contribution >= 0.6 is 24.0 Å². The molecule has 2 N–H and O–H groups in total. The molecule has 2 aliphatic heterocycles. The number of para-hydroxylation sites is 1. The van der Waals surface area contributed by atoms with Crippen LogP contribution in [0, 0.1) is 0 Å². The summed E-state index contributed by atoms with van der Waals surface area (Å²) in [4.78, 5) is 26.9. The number of nitrogens with zero attached hydrogens (tertiary/aromatic N) is 1. The van der Waals surface area contributed by atoms with Gasteiger partial charge in [-0.2, -0.15) is 0 Å². The Kier molecular flexibility index (Phi) is 7.07. The van der Waals surface area contributed by atoms with E-state index in [9.17, 15) is 9.59 Å². The first kappa shape index (κ1) is 20.0. The Balaban J connectivity index is 0.00000225. The second kappa shape index (κ2) is 8.85. The van der Waals surface area contributed by atoms with Gasteiger partial charge in [0.15, 0.2) is 0 Å². The highest BCUT2D eigenvalue weighted by Gasteiger charge is 2.35. The van der Waals surface area contributed by atoms with E-state index in [4.69, 9.17) is 16.3 Å². The van der Waals surface area contributed by atoms with Crippen molar-refractivity contribution in [3.63, 3.8) is 0 Å². The van der Waals surface area contributed by atoms with Crippen molar-refractivity contribution in [3.05, 3.63) is 29.3 Å². The number of nitrogens with one attached hydrogen (secondary N) is 2. The standard InChI is InChI=1S/C17H22ClN3O3.ClH/c1-11-15(19-8-10-24-11)16(22)20-13-6-4-9-21(17(13)23)14-7-3-2-5-12(14)18;/h2-3,5,7,11,13,15,19H,4,6,8-10H2,1H3,(H,20,22);1H/t11-,13?,15+;/m1./s1. The minimum absolute atomic E-state index is 0. The number of morpholine rings is 1. The molecule has 2 amide bonds. The number of carbonyl (C=O) groups excluding carboxylic acids is 2. The maximum Gasteiger partial charge on any atom is 0.249 e. The second-order valence-electron chi connectivity index (χ2n) is 6.15. The summed E-state index contributed by atoms with van der Waals surface area (Å²) in [7, 11) is 0. The molecule has 138 valence electrons. The van der Waals surface area contributed by atoms with Crippen LogP contribution in [0.15, 0.2) is 24.3 Å². The summed E-state index contributed by atoms with van der Waals surface area (Å²) in [6, 6.07) is 6.30. The molecule has 0 bridgehead atoms. The number of benzene rings is 1. The predicted molar refractivity (Wildman–Crippen MR) is 99.4 cm³/mol. The molecule has 1 unspecified atom stereocenters. The molecular formula is C17H23Cl2N3O3. The molecule has 0 saturated carbocycles. The number of ether oxygens (including phenoxy) is 1. The van der Waals surface area contributed by atoms with E-state index in [0.29, 0.717) is 36.8 Å². The van der Waals surface area contributed by atoms with Crippen LogP contribution in [-0.2, 0) is 14.3 Å². The maximum atomic E-state index is 12.8. The highest BCUT2D eigenvalue weighted by Crippen LogP contribution is 2.28. The SMILES string of the molecule is C[C@H]1OCCN[C@@H]1C(=O)NC1CCCN(c2ccccc2Cl)C1=O.Cl. The van der Waals surface area contributed by atoms with Crippen molar-refractivity contribution in [2.24, 2.45) is 0 Å². The number of hydrogen-bond donors (Lipinski definition) is 2. The molecule has 25 heavy (non-hydrogen) atoms. The summed E-state index contributed by atoms with van der Waals surface area (Å²) in [6.07, 6.45) is 1.23. The molecule has 6 nitrogen and oxygen atoms in total. The Morgan fingerprint density at radius 2 is 2.16 bits per heavy atom. The third-order valence-electron chi connectivity index (χ3n) is 4.50. The van der Waals surface area contributed by atoms with Gasteiger partial charge in [0.2, 0.25) is 11.8 Å². The monoisotopic (exact) mass is 387 g/mol. The molecule has 0 aromatic heterocycles. The molecule has 8 heteroatoms. The lowest BCUT2D eigenvalue weighted by molar-refractivity contribution is -0.133. The number of carbonyl (C=O) groups is 2. The summed E-state index contributed by atoms with van der Waals surface area (Å²) in [5.74, 6) is -0.311. The van der Waals surface area contributed by atoms with Gasteiger partial charge >= 0.3 is 0 Å². The van der Waals surface area contributed by atoms with Gasteiger partial charge in [0, 0.05) is 13.1 Å². The van der Waals surface area contributed by atoms with Crippen LogP contribution in [0.2, 0.25) is 5.02 Å². The van der Waals surface area contributed by atoms with E-state index in [1.807, 2.05) is 25.1 Å². The third kappa shape index (κ3) is 4.44.